The van der Waals surface area contributed by atoms with Crippen molar-refractivity contribution >= 4 is 22.2 Å². The number of hydrogen-bond donors (Lipinski definition) is 0. The van der Waals surface area contributed by atoms with Gasteiger partial charge in [0.2, 0.25) is 5.91 Å². The molecule has 0 N–H and O–H groups in total. The Morgan fingerprint density at radius 3 is 1.80 bits per heavy atom. The van der Waals surface area contributed by atoms with Gasteiger partial charge in [-0.15, -0.1) is 10.3 Å². The molecule has 0 aliphatic carbocycles. The monoisotopic (exact) mass is 572 g/mol. The Hall–Kier alpha value is -2.35. The predicted molar refractivity (Wildman–Crippen MR) is 168 cm³/mol. The minimum Gasteiger partial charge on any atom is -0.459 e. The van der Waals surface area contributed by atoms with Gasteiger partial charge >= 0.3 is 5.97 Å². The van der Waals surface area contributed by atoms with E-state index in [0.29, 0.717) is 26.1 Å². The van der Waals surface area contributed by atoms with Crippen LogP contribution in [0.25, 0.3) is 0 Å². The summed E-state index contributed by atoms with van der Waals surface area (Å²) in [7, 11) is -1.39. The molecule has 1 aliphatic heterocycles. The summed E-state index contributed by atoms with van der Waals surface area (Å²) >= 11 is 0. The maximum Gasteiger partial charge on any atom is 0.326 e. The van der Waals surface area contributed by atoms with Crippen LogP contribution in [0.2, 0.25) is 0 Å². The lowest BCUT2D eigenvalue weighted by Crippen LogP contribution is -2.45. The topological polar surface area (TPSA) is 59.1 Å². The molecule has 0 saturated carbocycles. The van der Waals surface area contributed by atoms with E-state index in [1.807, 2.05) is 71.0 Å². The van der Waals surface area contributed by atoms with E-state index in [2.05, 4.69) is 62.4 Å². The number of amides is 1. The fourth-order valence-corrected chi connectivity index (χ4v) is 5.23. The second kappa shape index (κ2) is 14.5. The standard InChI is InChI=1S/C31H46N2O4S.C2H6/c1-30(2,3)37-28(34)22-33-26(23-36-38(7,8)31(4,5)6)19-27(29(33)35)32(20-24-15-11-9-12-16-24)21-25-17-13-10-14-18-25;1-2/h9-18,26-27H,19-23H2,1-8H3;1-2H3/t26-,27-;/m0./s1. The number of carbonyl (C=O) groups excluding carboxylic acids is 2. The molecule has 0 unspecified atom stereocenters. The normalized spacial score (nSPS) is 18.4. The number of rotatable bonds is 10. The second-order valence-corrected chi connectivity index (χ2v) is 16.4. The summed E-state index contributed by atoms with van der Waals surface area (Å²) in [6.45, 7) is 17.7. The highest BCUT2D eigenvalue weighted by molar-refractivity contribution is 8.29. The molecule has 0 radical (unpaired) electrons. The van der Waals surface area contributed by atoms with Gasteiger partial charge in [0.15, 0.2) is 0 Å². The number of hydrogen-bond acceptors (Lipinski definition) is 5. The molecule has 40 heavy (non-hydrogen) atoms. The Morgan fingerprint density at radius 2 is 1.38 bits per heavy atom. The van der Waals surface area contributed by atoms with Crippen molar-refractivity contribution in [3.05, 3.63) is 71.8 Å². The highest BCUT2D eigenvalue weighted by Crippen LogP contribution is 2.54. The quantitative estimate of drug-likeness (QED) is 0.293. The average Bonchev–Trinajstić information content (AvgIpc) is 3.18. The maximum atomic E-state index is 14.0. The van der Waals surface area contributed by atoms with Gasteiger partial charge < -0.3 is 13.8 Å². The third-order valence-corrected chi connectivity index (χ3v) is 10.8. The number of nitrogens with zero attached hydrogens (tertiary/aromatic N) is 2. The smallest absolute Gasteiger partial charge is 0.326 e. The van der Waals surface area contributed by atoms with E-state index in [0.717, 1.165) is 11.1 Å². The van der Waals surface area contributed by atoms with Crippen LogP contribution in [0.4, 0.5) is 0 Å². The van der Waals surface area contributed by atoms with Crippen molar-refractivity contribution in [3.63, 3.8) is 0 Å². The van der Waals surface area contributed by atoms with Crippen LogP contribution in [0.1, 0.15) is 72.9 Å². The molecule has 3 rings (SSSR count). The van der Waals surface area contributed by atoms with Crippen LogP contribution in [0.15, 0.2) is 60.7 Å². The first-order valence-corrected chi connectivity index (χ1v) is 16.8. The summed E-state index contributed by atoms with van der Waals surface area (Å²) in [5.74, 6) is -0.434. The van der Waals surface area contributed by atoms with Crippen LogP contribution in [0, 0.1) is 0 Å². The zero-order valence-corrected chi connectivity index (χ0v) is 27.2. The third kappa shape index (κ3) is 9.93. The SMILES string of the molecule is CC.CC(C)(C)OC(=O)CN1C(=O)[C@@H](N(Cc2ccccc2)Cc2ccccc2)C[C@H]1COS(C)(C)C(C)(C)C. The summed E-state index contributed by atoms with van der Waals surface area (Å²) in [6, 6.07) is 19.9. The van der Waals surface area contributed by atoms with E-state index in [1.54, 1.807) is 4.90 Å². The predicted octanol–water partition coefficient (Wildman–Crippen LogP) is 6.82. The summed E-state index contributed by atoms with van der Waals surface area (Å²) in [5, 5.41) is 0. The Bertz CT molecular complexity index is 1020. The van der Waals surface area contributed by atoms with Crippen LogP contribution < -0.4 is 0 Å². The van der Waals surface area contributed by atoms with Crippen molar-refractivity contribution in [3.8, 4) is 0 Å². The number of benzene rings is 2. The first-order valence-electron chi connectivity index (χ1n) is 14.4. The fourth-order valence-electron chi connectivity index (χ4n) is 4.38. The minimum atomic E-state index is -1.39. The molecule has 1 heterocycles. The fraction of sp³-hybridized carbons (Fsp3) is 0.576. The largest absolute Gasteiger partial charge is 0.459 e. The summed E-state index contributed by atoms with van der Waals surface area (Å²) in [4.78, 5) is 30.8. The number of likely N-dealkylation sites (tertiary alicyclic amines) is 1. The molecular formula is C33H52N2O4S. The molecule has 6 nitrogen and oxygen atoms in total. The van der Waals surface area contributed by atoms with Crippen molar-refractivity contribution in [2.75, 3.05) is 25.7 Å². The Balaban J connectivity index is 0.00000274. The Morgan fingerprint density at radius 1 is 0.900 bits per heavy atom. The van der Waals surface area contributed by atoms with E-state index < -0.39 is 21.9 Å². The second-order valence-electron chi connectivity index (χ2n) is 12.5. The average molecular weight is 573 g/mol. The lowest BCUT2D eigenvalue weighted by molar-refractivity contribution is -0.159. The van der Waals surface area contributed by atoms with Crippen molar-refractivity contribution < 1.29 is 18.5 Å². The third-order valence-electron chi connectivity index (χ3n) is 7.15. The van der Waals surface area contributed by atoms with Crippen molar-refractivity contribution in [1.82, 2.24) is 9.80 Å². The lowest BCUT2D eigenvalue weighted by Gasteiger charge is -2.44. The number of carbonyl (C=O) groups is 2. The molecule has 1 amide bonds. The first-order chi connectivity index (χ1) is 18.7. The van der Waals surface area contributed by atoms with Gasteiger partial charge in [-0.2, -0.15) is 0 Å². The molecular weight excluding hydrogens is 520 g/mol. The molecule has 7 heteroatoms. The molecule has 1 saturated heterocycles. The highest BCUT2D eigenvalue weighted by atomic mass is 32.3. The molecule has 1 aliphatic rings. The molecule has 0 bridgehead atoms. The van der Waals surface area contributed by atoms with E-state index in [1.165, 1.54) is 0 Å². The van der Waals surface area contributed by atoms with E-state index in [-0.39, 0.29) is 29.3 Å². The Labute approximate surface area is 244 Å². The van der Waals surface area contributed by atoms with Gasteiger partial charge in [-0.3, -0.25) is 14.5 Å². The molecule has 1 fully saturated rings. The summed E-state index contributed by atoms with van der Waals surface area (Å²) in [5.41, 5.74) is 1.68. The van der Waals surface area contributed by atoms with Gasteiger partial charge in [-0.25, -0.2) is 0 Å². The van der Waals surface area contributed by atoms with Crippen molar-refractivity contribution in [2.24, 2.45) is 0 Å². The van der Waals surface area contributed by atoms with E-state index >= 15 is 0 Å². The summed E-state index contributed by atoms with van der Waals surface area (Å²) < 4.78 is 12.1. The minimum absolute atomic E-state index is 0.00232. The lowest BCUT2D eigenvalue weighted by atomic mass is 10.1. The van der Waals surface area contributed by atoms with Gasteiger partial charge in [-0.1, -0.05) is 95.3 Å². The van der Waals surface area contributed by atoms with Crippen molar-refractivity contribution in [1.29, 1.82) is 0 Å². The van der Waals surface area contributed by atoms with Gasteiger partial charge in [0.1, 0.15) is 12.1 Å². The maximum absolute atomic E-state index is 14.0. The zero-order valence-electron chi connectivity index (χ0n) is 26.4. The van der Waals surface area contributed by atoms with E-state index in [4.69, 9.17) is 8.92 Å². The molecule has 0 spiro atoms. The van der Waals surface area contributed by atoms with Gasteiger partial charge in [0, 0.05) is 17.8 Å². The van der Waals surface area contributed by atoms with Gasteiger partial charge in [-0.05, 0) is 50.8 Å². The highest BCUT2D eigenvalue weighted by Gasteiger charge is 2.44. The van der Waals surface area contributed by atoms with Crippen LogP contribution >= 0.6 is 10.3 Å². The van der Waals surface area contributed by atoms with Crippen LogP contribution in [-0.4, -0.2) is 69.8 Å². The van der Waals surface area contributed by atoms with Gasteiger partial charge in [0.25, 0.3) is 0 Å². The molecule has 224 valence electrons. The first kappa shape index (κ1) is 33.9. The molecule has 0 aromatic heterocycles. The zero-order chi connectivity index (χ0) is 30.1. The van der Waals surface area contributed by atoms with E-state index in [9.17, 15) is 9.59 Å². The van der Waals surface area contributed by atoms with Crippen LogP contribution in [-0.2, 0) is 31.6 Å². The number of ether oxygens (including phenoxy) is 1. The molecule has 2 aromatic carbocycles. The van der Waals surface area contributed by atoms with Crippen LogP contribution in [0.3, 0.4) is 0 Å². The molecule has 2 atom stereocenters. The number of esters is 1. The summed E-state index contributed by atoms with van der Waals surface area (Å²) in [6.07, 6.45) is 4.92. The Kier molecular flexibility index (Phi) is 12.3. The van der Waals surface area contributed by atoms with Crippen LogP contribution in [0.5, 0.6) is 0 Å². The van der Waals surface area contributed by atoms with Crippen molar-refractivity contribution in [2.45, 2.75) is 97.3 Å². The molecule has 2 aromatic rings. The van der Waals surface area contributed by atoms with Gasteiger partial charge in [0.05, 0.1) is 18.7 Å².